The number of carbonyl (C=O) groups is 2. The maximum absolute atomic E-state index is 12.3. The quantitative estimate of drug-likeness (QED) is 0.481. The number of ether oxygens (including phenoxy) is 2. The van der Waals surface area contributed by atoms with Gasteiger partial charge < -0.3 is 9.47 Å². The average molecular weight is 287 g/mol. The molecule has 1 unspecified atom stereocenters. The predicted molar refractivity (Wildman–Crippen MR) is 78.0 cm³/mol. The van der Waals surface area contributed by atoms with Gasteiger partial charge in [0.2, 0.25) is 5.41 Å². The van der Waals surface area contributed by atoms with E-state index in [9.17, 15) is 9.59 Å². The Morgan fingerprint density at radius 3 is 2.29 bits per heavy atom. The molecule has 0 radical (unpaired) electrons. The molecule has 0 saturated carbocycles. The molecule has 1 heterocycles. The second kappa shape index (κ2) is 5.91. The lowest BCUT2D eigenvalue weighted by molar-refractivity contribution is -0.163. The highest BCUT2D eigenvalue weighted by atomic mass is 16.5. The van der Waals surface area contributed by atoms with Crippen LogP contribution < -0.4 is 0 Å². The molecule has 1 aliphatic rings. The number of rotatable bonds is 4. The molecular formula is C16H17NO4. The molecule has 1 aromatic carbocycles. The van der Waals surface area contributed by atoms with E-state index in [1.54, 1.807) is 18.2 Å². The van der Waals surface area contributed by atoms with Crippen molar-refractivity contribution in [2.24, 2.45) is 10.4 Å². The highest BCUT2D eigenvalue weighted by molar-refractivity contribution is 6.28. The predicted octanol–water partition coefficient (Wildman–Crippen LogP) is 1.77. The fraction of sp³-hybridized carbons (Fsp3) is 0.312. The van der Waals surface area contributed by atoms with E-state index in [0.29, 0.717) is 11.3 Å². The molecule has 0 spiro atoms. The van der Waals surface area contributed by atoms with Crippen LogP contribution in [0.3, 0.4) is 0 Å². The highest BCUT2D eigenvalue weighted by Crippen LogP contribution is 2.39. The summed E-state index contributed by atoms with van der Waals surface area (Å²) in [5, 5.41) is 0. The molecule has 1 atom stereocenters. The number of aliphatic imine (C=N–C) groups is 1. The second-order valence-corrected chi connectivity index (χ2v) is 4.74. The van der Waals surface area contributed by atoms with Gasteiger partial charge in [0, 0.05) is 6.42 Å². The van der Waals surface area contributed by atoms with Crippen molar-refractivity contribution in [2.75, 3.05) is 14.2 Å². The number of esters is 2. The third-order valence-corrected chi connectivity index (χ3v) is 3.60. The molecule has 1 aliphatic heterocycles. The Morgan fingerprint density at radius 1 is 1.24 bits per heavy atom. The lowest BCUT2D eigenvalue weighted by Gasteiger charge is -2.25. The van der Waals surface area contributed by atoms with Gasteiger partial charge in [-0.1, -0.05) is 36.4 Å². The van der Waals surface area contributed by atoms with Crippen LogP contribution in [0.25, 0.3) is 0 Å². The average Bonchev–Trinajstić information content (AvgIpc) is 2.95. The molecular weight excluding hydrogens is 270 g/mol. The zero-order valence-corrected chi connectivity index (χ0v) is 12.0. The Bertz CT molecular complexity index is 576. The zero-order chi connectivity index (χ0) is 15.5. The monoisotopic (exact) mass is 287 g/mol. The molecule has 21 heavy (non-hydrogen) atoms. The van der Waals surface area contributed by atoms with E-state index >= 15 is 0 Å². The molecule has 0 aliphatic carbocycles. The number of nitrogens with zero attached hydrogens (tertiary/aromatic N) is 1. The molecule has 5 nitrogen and oxygen atoms in total. The van der Waals surface area contributed by atoms with Crippen LogP contribution >= 0.6 is 0 Å². The van der Waals surface area contributed by atoms with Crippen LogP contribution in [0.4, 0.5) is 0 Å². The number of hydrogen-bond acceptors (Lipinski definition) is 5. The van der Waals surface area contributed by atoms with Gasteiger partial charge >= 0.3 is 11.9 Å². The number of carbonyl (C=O) groups excluding carboxylic acids is 2. The molecule has 2 rings (SSSR count). The van der Waals surface area contributed by atoms with Crippen molar-refractivity contribution in [1.29, 1.82) is 0 Å². The van der Waals surface area contributed by atoms with Crippen LogP contribution in [0.2, 0.25) is 0 Å². The summed E-state index contributed by atoms with van der Waals surface area (Å²) < 4.78 is 9.70. The summed E-state index contributed by atoms with van der Waals surface area (Å²) in [5.74, 6) is -1.33. The molecule has 0 fully saturated rings. The van der Waals surface area contributed by atoms with Gasteiger partial charge in [0.1, 0.15) is 0 Å². The molecule has 5 heteroatoms. The van der Waals surface area contributed by atoms with Gasteiger partial charge in [-0.05, 0) is 5.56 Å². The first-order valence-corrected chi connectivity index (χ1v) is 6.53. The minimum absolute atomic E-state index is 0.167. The van der Waals surface area contributed by atoms with Crippen LogP contribution in [-0.4, -0.2) is 37.9 Å². The van der Waals surface area contributed by atoms with E-state index < -0.39 is 17.4 Å². The summed E-state index contributed by atoms with van der Waals surface area (Å²) in [6.45, 7) is 3.70. The number of benzene rings is 1. The minimum atomic E-state index is -1.54. The third kappa shape index (κ3) is 2.35. The molecule has 0 bridgehead atoms. The van der Waals surface area contributed by atoms with Gasteiger partial charge in [0.15, 0.2) is 0 Å². The van der Waals surface area contributed by atoms with Gasteiger partial charge in [-0.25, -0.2) is 0 Å². The lowest BCUT2D eigenvalue weighted by atomic mass is 9.77. The number of methoxy groups -OCH3 is 2. The van der Waals surface area contributed by atoms with Crippen LogP contribution in [0.5, 0.6) is 0 Å². The van der Waals surface area contributed by atoms with Crippen molar-refractivity contribution in [1.82, 2.24) is 0 Å². The van der Waals surface area contributed by atoms with Crippen LogP contribution in [0.15, 0.2) is 48.0 Å². The first-order chi connectivity index (χ1) is 10.1. The first-order valence-electron chi connectivity index (χ1n) is 6.53. The summed E-state index contributed by atoms with van der Waals surface area (Å²) in [6, 6.07) is 8.74. The molecule has 1 aromatic rings. The molecule has 0 saturated heterocycles. The summed E-state index contributed by atoms with van der Waals surface area (Å²) in [5.41, 5.74) is -0.478. The molecule has 0 N–H and O–H groups in total. The Kier molecular flexibility index (Phi) is 4.21. The molecule has 0 aromatic heterocycles. The van der Waals surface area contributed by atoms with Gasteiger partial charge in [-0.3, -0.25) is 14.6 Å². The van der Waals surface area contributed by atoms with E-state index in [4.69, 9.17) is 9.47 Å². The van der Waals surface area contributed by atoms with E-state index in [0.717, 1.165) is 0 Å². The zero-order valence-electron chi connectivity index (χ0n) is 12.0. The van der Waals surface area contributed by atoms with Crippen molar-refractivity contribution in [3.05, 3.63) is 48.6 Å². The van der Waals surface area contributed by atoms with Gasteiger partial charge in [0.05, 0.1) is 26.0 Å². The lowest BCUT2D eigenvalue weighted by Crippen LogP contribution is -2.46. The van der Waals surface area contributed by atoms with Crippen molar-refractivity contribution in [3.63, 3.8) is 0 Å². The van der Waals surface area contributed by atoms with Crippen molar-refractivity contribution in [2.45, 2.75) is 12.5 Å². The maximum Gasteiger partial charge on any atom is 0.329 e. The molecule has 0 amide bonds. The van der Waals surface area contributed by atoms with Crippen LogP contribution in [0, 0.1) is 5.41 Å². The normalized spacial score (nSPS) is 19.5. The first kappa shape index (κ1) is 15.0. The SMILES string of the molecule is C=CC1CC(C(=O)OC)(C(=O)OC)C(c2ccccc2)=N1. The van der Waals surface area contributed by atoms with Crippen LogP contribution in [-0.2, 0) is 19.1 Å². The van der Waals surface area contributed by atoms with Gasteiger partial charge in [-0.2, -0.15) is 0 Å². The summed E-state index contributed by atoms with van der Waals surface area (Å²) >= 11 is 0. The van der Waals surface area contributed by atoms with Crippen molar-refractivity contribution < 1.29 is 19.1 Å². The highest BCUT2D eigenvalue weighted by Gasteiger charge is 2.57. The topological polar surface area (TPSA) is 65.0 Å². The fourth-order valence-corrected chi connectivity index (χ4v) is 2.58. The van der Waals surface area contributed by atoms with E-state index in [1.807, 2.05) is 18.2 Å². The Balaban J connectivity index is 2.62. The molecule has 110 valence electrons. The Labute approximate surface area is 123 Å². The number of hydrogen-bond donors (Lipinski definition) is 0. The summed E-state index contributed by atoms with van der Waals surface area (Å²) in [4.78, 5) is 29.2. The van der Waals surface area contributed by atoms with E-state index in [1.165, 1.54) is 14.2 Å². The fourth-order valence-electron chi connectivity index (χ4n) is 2.58. The van der Waals surface area contributed by atoms with E-state index in [-0.39, 0.29) is 12.5 Å². The van der Waals surface area contributed by atoms with Crippen molar-refractivity contribution in [3.8, 4) is 0 Å². The summed E-state index contributed by atoms with van der Waals surface area (Å²) in [6.07, 6.45) is 1.77. The maximum atomic E-state index is 12.3. The standard InChI is InChI=1S/C16H17NO4/c1-4-12-10-16(14(18)20-2,15(19)21-3)13(17-12)11-8-6-5-7-9-11/h4-9,12H,1,10H2,2-3H3. The Hall–Kier alpha value is -2.43. The summed E-state index contributed by atoms with van der Waals surface area (Å²) in [7, 11) is 2.49. The Morgan fingerprint density at radius 2 is 1.81 bits per heavy atom. The van der Waals surface area contributed by atoms with Crippen molar-refractivity contribution >= 4 is 17.7 Å². The van der Waals surface area contributed by atoms with E-state index in [2.05, 4.69) is 11.6 Å². The smallest absolute Gasteiger partial charge is 0.329 e. The largest absolute Gasteiger partial charge is 0.468 e. The van der Waals surface area contributed by atoms with Crippen LogP contribution in [0.1, 0.15) is 12.0 Å². The second-order valence-electron chi connectivity index (χ2n) is 4.74. The van der Waals surface area contributed by atoms with Gasteiger partial charge in [-0.15, -0.1) is 6.58 Å². The van der Waals surface area contributed by atoms with Gasteiger partial charge in [0.25, 0.3) is 0 Å². The third-order valence-electron chi connectivity index (χ3n) is 3.60. The minimum Gasteiger partial charge on any atom is -0.468 e.